The third kappa shape index (κ3) is 4.76. The number of ether oxygens (including phenoxy) is 1. The van der Waals surface area contributed by atoms with Crippen LogP contribution in [0.25, 0.3) is 11.0 Å². The molecule has 0 fully saturated rings. The molecule has 1 heterocycles. The van der Waals surface area contributed by atoms with Gasteiger partial charge in [0.1, 0.15) is 11.6 Å². The number of hydrogen-bond acceptors (Lipinski definition) is 2. The maximum Gasteiger partial charge on any atom is 0.118 e. The van der Waals surface area contributed by atoms with Crippen molar-refractivity contribution in [2.24, 2.45) is 0 Å². The zero-order chi connectivity index (χ0) is 16.8. The second-order valence-corrected chi connectivity index (χ2v) is 6.25. The van der Waals surface area contributed by atoms with Crippen LogP contribution < -0.4 is 17.1 Å². The van der Waals surface area contributed by atoms with Gasteiger partial charge in [0.2, 0.25) is 0 Å². The Morgan fingerprint density at radius 1 is 0.960 bits per heavy atom. The minimum Gasteiger partial charge on any atom is -1.00 e. The monoisotopic (exact) mass is 357 g/mol. The number of para-hydroxylation sites is 2. The Morgan fingerprint density at radius 3 is 2.44 bits per heavy atom. The van der Waals surface area contributed by atoms with Crippen LogP contribution in [0.4, 0.5) is 0 Å². The van der Waals surface area contributed by atoms with Crippen LogP contribution in [0.3, 0.4) is 0 Å². The number of aromatic nitrogens is 2. The number of hydrogen-bond donors (Lipinski definition) is 0. The van der Waals surface area contributed by atoms with E-state index in [9.17, 15) is 0 Å². The Labute approximate surface area is 156 Å². The predicted octanol–water partition coefficient (Wildman–Crippen LogP) is 2.22. The van der Waals surface area contributed by atoms with E-state index in [0.29, 0.717) is 0 Å². The summed E-state index contributed by atoms with van der Waals surface area (Å²) < 4.78 is 7.64. The molecule has 0 saturated heterocycles. The quantitative estimate of drug-likeness (QED) is 0.578. The summed E-state index contributed by atoms with van der Waals surface area (Å²) in [5, 5.41) is 0. The first-order valence-corrected chi connectivity index (χ1v) is 8.89. The van der Waals surface area contributed by atoms with Gasteiger partial charge in [0.05, 0.1) is 18.1 Å². The normalized spacial score (nSPS) is 10.6. The number of halogens is 1. The van der Waals surface area contributed by atoms with Crippen molar-refractivity contribution in [2.75, 3.05) is 7.11 Å². The molecule has 0 radical (unpaired) electrons. The van der Waals surface area contributed by atoms with Crippen LogP contribution in [-0.2, 0) is 13.0 Å². The number of aryl methyl sites for hydroxylation is 1. The SMILES string of the molecule is CCCCCCn1c(Cc2ccc(OC)cc2)nc2ccccc21.[Cl-]. The zero-order valence-corrected chi connectivity index (χ0v) is 15.8. The van der Waals surface area contributed by atoms with Crippen molar-refractivity contribution in [3.63, 3.8) is 0 Å². The van der Waals surface area contributed by atoms with Crippen molar-refractivity contribution in [1.29, 1.82) is 0 Å². The van der Waals surface area contributed by atoms with E-state index in [1.807, 2.05) is 12.1 Å². The number of imidazole rings is 1. The van der Waals surface area contributed by atoms with E-state index in [-0.39, 0.29) is 12.4 Å². The fourth-order valence-corrected chi connectivity index (χ4v) is 3.13. The first-order valence-electron chi connectivity index (χ1n) is 8.89. The van der Waals surface area contributed by atoms with E-state index in [1.54, 1.807) is 7.11 Å². The average molecular weight is 358 g/mol. The summed E-state index contributed by atoms with van der Waals surface area (Å²) in [4.78, 5) is 4.88. The number of rotatable bonds is 8. The molecule has 0 saturated carbocycles. The summed E-state index contributed by atoms with van der Waals surface area (Å²) >= 11 is 0. The van der Waals surface area contributed by atoms with E-state index in [0.717, 1.165) is 30.1 Å². The first kappa shape index (κ1) is 19.3. The largest absolute Gasteiger partial charge is 1.00 e. The maximum absolute atomic E-state index is 5.25. The van der Waals surface area contributed by atoms with E-state index >= 15 is 0 Å². The summed E-state index contributed by atoms with van der Waals surface area (Å²) in [5.41, 5.74) is 3.61. The lowest BCUT2D eigenvalue weighted by molar-refractivity contribution is -0.00000539. The molecule has 4 heteroatoms. The number of fused-ring (bicyclic) bond motifs is 1. The van der Waals surface area contributed by atoms with Crippen molar-refractivity contribution >= 4 is 11.0 Å². The Balaban J connectivity index is 0.00000225. The standard InChI is InChI=1S/C21H26N2O.ClH/c1-3-4-5-8-15-23-20-10-7-6-9-19(20)22-21(23)16-17-11-13-18(24-2)14-12-17;/h6-7,9-14H,3-5,8,15-16H2,1-2H3;1H/p-1. The van der Waals surface area contributed by atoms with Crippen molar-refractivity contribution in [3.8, 4) is 5.75 Å². The highest BCUT2D eigenvalue weighted by atomic mass is 35.5. The van der Waals surface area contributed by atoms with Crippen molar-refractivity contribution in [2.45, 2.75) is 45.6 Å². The smallest absolute Gasteiger partial charge is 0.118 e. The number of benzene rings is 2. The van der Waals surface area contributed by atoms with Crippen LogP contribution >= 0.6 is 0 Å². The molecule has 0 amide bonds. The highest BCUT2D eigenvalue weighted by Crippen LogP contribution is 2.21. The molecular formula is C21H26ClN2O-. The average Bonchev–Trinajstić information content (AvgIpc) is 2.97. The molecule has 134 valence electrons. The summed E-state index contributed by atoms with van der Waals surface area (Å²) in [7, 11) is 1.70. The van der Waals surface area contributed by atoms with E-state index < -0.39 is 0 Å². The van der Waals surface area contributed by atoms with Gasteiger partial charge >= 0.3 is 0 Å². The summed E-state index contributed by atoms with van der Waals surface area (Å²) in [6.07, 6.45) is 5.92. The molecule has 1 aromatic heterocycles. The van der Waals surface area contributed by atoms with Gasteiger partial charge in [-0.2, -0.15) is 0 Å². The number of nitrogens with zero attached hydrogens (tertiary/aromatic N) is 2. The summed E-state index contributed by atoms with van der Waals surface area (Å²) in [6.45, 7) is 3.30. The van der Waals surface area contributed by atoms with Crippen molar-refractivity contribution in [3.05, 3.63) is 59.9 Å². The third-order valence-electron chi connectivity index (χ3n) is 4.49. The van der Waals surface area contributed by atoms with Crippen LogP contribution in [0.5, 0.6) is 5.75 Å². The molecule has 3 aromatic rings. The van der Waals surface area contributed by atoms with Gasteiger partial charge in [-0.05, 0) is 36.2 Å². The molecule has 25 heavy (non-hydrogen) atoms. The highest BCUT2D eigenvalue weighted by molar-refractivity contribution is 5.76. The Bertz CT molecular complexity index is 780. The lowest BCUT2D eigenvalue weighted by atomic mass is 10.1. The minimum atomic E-state index is 0. The molecule has 3 nitrogen and oxygen atoms in total. The maximum atomic E-state index is 5.25. The second-order valence-electron chi connectivity index (χ2n) is 6.25. The van der Waals surface area contributed by atoms with Crippen LogP contribution in [0, 0.1) is 0 Å². The molecule has 0 bridgehead atoms. The molecule has 0 aliphatic carbocycles. The van der Waals surface area contributed by atoms with Gasteiger partial charge in [0, 0.05) is 13.0 Å². The Kier molecular flexibility index (Phi) is 7.32. The molecule has 2 aromatic carbocycles. The van der Waals surface area contributed by atoms with Gasteiger partial charge in [0.15, 0.2) is 0 Å². The molecule has 0 aliphatic rings. The molecule has 0 aliphatic heterocycles. The van der Waals surface area contributed by atoms with Crippen LogP contribution in [0.15, 0.2) is 48.5 Å². The molecule has 0 N–H and O–H groups in total. The Hall–Kier alpha value is -2.00. The minimum absolute atomic E-state index is 0. The predicted molar refractivity (Wildman–Crippen MR) is 99.7 cm³/mol. The van der Waals surface area contributed by atoms with Crippen LogP contribution in [0.2, 0.25) is 0 Å². The molecule has 0 atom stereocenters. The van der Waals surface area contributed by atoms with Gasteiger partial charge in [-0.3, -0.25) is 0 Å². The third-order valence-corrected chi connectivity index (χ3v) is 4.49. The fourth-order valence-electron chi connectivity index (χ4n) is 3.13. The van der Waals surface area contributed by atoms with Gasteiger partial charge in [-0.1, -0.05) is 50.5 Å². The van der Waals surface area contributed by atoms with Crippen LogP contribution in [0.1, 0.15) is 44.0 Å². The molecule has 3 rings (SSSR count). The highest BCUT2D eigenvalue weighted by Gasteiger charge is 2.11. The topological polar surface area (TPSA) is 27.1 Å². The van der Waals surface area contributed by atoms with Gasteiger partial charge in [0.25, 0.3) is 0 Å². The van der Waals surface area contributed by atoms with E-state index in [2.05, 4.69) is 47.9 Å². The summed E-state index contributed by atoms with van der Waals surface area (Å²) in [5.74, 6) is 2.05. The van der Waals surface area contributed by atoms with Gasteiger partial charge in [-0.25, -0.2) is 4.98 Å². The zero-order valence-electron chi connectivity index (χ0n) is 15.0. The fraction of sp³-hybridized carbons (Fsp3) is 0.381. The number of unbranched alkanes of at least 4 members (excludes halogenated alkanes) is 3. The molecule has 0 unspecified atom stereocenters. The van der Waals surface area contributed by atoms with E-state index in [4.69, 9.17) is 9.72 Å². The molecular weight excluding hydrogens is 332 g/mol. The molecule has 0 spiro atoms. The summed E-state index contributed by atoms with van der Waals surface area (Å²) in [6, 6.07) is 16.7. The van der Waals surface area contributed by atoms with Crippen molar-refractivity contribution < 1.29 is 17.1 Å². The Morgan fingerprint density at radius 2 is 1.72 bits per heavy atom. The van der Waals surface area contributed by atoms with Crippen molar-refractivity contribution in [1.82, 2.24) is 9.55 Å². The van der Waals surface area contributed by atoms with Gasteiger partial charge < -0.3 is 21.7 Å². The lowest BCUT2D eigenvalue weighted by Crippen LogP contribution is -3.00. The van der Waals surface area contributed by atoms with E-state index in [1.165, 1.54) is 36.8 Å². The second kappa shape index (κ2) is 9.47. The van der Waals surface area contributed by atoms with Crippen LogP contribution in [-0.4, -0.2) is 16.7 Å². The van der Waals surface area contributed by atoms with Gasteiger partial charge in [-0.15, -0.1) is 0 Å². The number of methoxy groups -OCH3 is 1. The lowest BCUT2D eigenvalue weighted by Gasteiger charge is -2.10. The first-order chi connectivity index (χ1) is 11.8.